The Kier molecular flexibility index (Phi) is 5.65. The van der Waals surface area contributed by atoms with Crippen molar-refractivity contribution in [3.8, 4) is 0 Å². The van der Waals surface area contributed by atoms with E-state index in [9.17, 15) is 9.18 Å². The molecule has 0 radical (unpaired) electrons. The molecule has 1 fully saturated rings. The molecular formula is C22H22FN5O. The quantitative estimate of drug-likeness (QED) is 0.724. The molecule has 1 aliphatic heterocycles. The summed E-state index contributed by atoms with van der Waals surface area (Å²) in [5.74, 6) is -0.340. The zero-order valence-corrected chi connectivity index (χ0v) is 16.0. The molecule has 4 rings (SSSR count). The summed E-state index contributed by atoms with van der Waals surface area (Å²) in [7, 11) is 0. The molecule has 1 aromatic carbocycles. The summed E-state index contributed by atoms with van der Waals surface area (Å²) in [6.45, 7) is 2.88. The molecule has 0 bridgehead atoms. The standard InChI is InChI=1S/C22H22FN5O/c23-19-3-1-2-4-21(19)27-11-13-28(14-12-27)22(29)20-15-18(7-10-25-20)26-16-17-5-8-24-9-6-17/h1-10,15H,11-14,16H2,(H,25,26). The fourth-order valence-electron chi connectivity index (χ4n) is 3.38. The van der Waals surface area contributed by atoms with Gasteiger partial charge in [0.15, 0.2) is 0 Å². The number of piperazine rings is 1. The summed E-state index contributed by atoms with van der Waals surface area (Å²) < 4.78 is 14.0. The lowest BCUT2D eigenvalue weighted by Crippen LogP contribution is -2.49. The van der Waals surface area contributed by atoms with E-state index in [-0.39, 0.29) is 11.7 Å². The van der Waals surface area contributed by atoms with Crippen molar-refractivity contribution in [2.75, 3.05) is 36.4 Å². The summed E-state index contributed by atoms with van der Waals surface area (Å²) in [6, 6.07) is 14.2. The van der Waals surface area contributed by atoms with Crippen molar-refractivity contribution in [1.82, 2.24) is 14.9 Å². The summed E-state index contributed by atoms with van der Waals surface area (Å²) in [4.78, 5) is 24.9. The number of anilines is 2. The van der Waals surface area contributed by atoms with Gasteiger partial charge >= 0.3 is 0 Å². The van der Waals surface area contributed by atoms with Crippen LogP contribution in [-0.2, 0) is 6.54 Å². The van der Waals surface area contributed by atoms with E-state index in [0.29, 0.717) is 44.1 Å². The van der Waals surface area contributed by atoms with E-state index in [1.165, 1.54) is 6.07 Å². The zero-order chi connectivity index (χ0) is 20.1. The third-order valence-electron chi connectivity index (χ3n) is 4.99. The van der Waals surface area contributed by atoms with Crippen LogP contribution in [0.5, 0.6) is 0 Å². The summed E-state index contributed by atoms with van der Waals surface area (Å²) >= 11 is 0. The van der Waals surface area contributed by atoms with E-state index in [4.69, 9.17) is 0 Å². The molecule has 0 unspecified atom stereocenters. The molecule has 1 N–H and O–H groups in total. The smallest absolute Gasteiger partial charge is 0.272 e. The van der Waals surface area contributed by atoms with Gasteiger partial charge in [-0.2, -0.15) is 0 Å². The monoisotopic (exact) mass is 391 g/mol. The molecule has 6 nitrogen and oxygen atoms in total. The number of hydrogen-bond acceptors (Lipinski definition) is 5. The number of para-hydroxylation sites is 1. The van der Waals surface area contributed by atoms with Crippen molar-refractivity contribution >= 4 is 17.3 Å². The van der Waals surface area contributed by atoms with Gasteiger partial charge in [-0.3, -0.25) is 14.8 Å². The topological polar surface area (TPSA) is 61.4 Å². The van der Waals surface area contributed by atoms with Crippen LogP contribution >= 0.6 is 0 Å². The van der Waals surface area contributed by atoms with Crippen LogP contribution in [0, 0.1) is 5.82 Å². The SMILES string of the molecule is O=C(c1cc(NCc2ccncc2)ccn1)N1CCN(c2ccccc2F)CC1. The maximum absolute atomic E-state index is 14.0. The lowest BCUT2D eigenvalue weighted by atomic mass is 10.2. The summed E-state index contributed by atoms with van der Waals surface area (Å²) in [5, 5.41) is 3.31. The predicted molar refractivity (Wildman–Crippen MR) is 110 cm³/mol. The molecule has 1 amide bonds. The Morgan fingerprint density at radius 3 is 2.52 bits per heavy atom. The molecule has 1 aliphatic rings. The second-order valence-electron chi connectivity index (χ2n) is 6.87. The Hall–Kier alpha value is -3.48. The molecule has 1 saturated heterocycles. The number of nitrogens with zero attached hydrogens (tertiary/aromatic N) is 4. The van der Waals surface area contributed by atoms with Crippen LogP contribution in [0.4, 0.5) is 15.8 Å². The Balaban J connectivity index is 1.37. The molecule has 7 heteroatoms. The predicted octanol–water partition coefficient (Wildman–Crippen LogP) is 3.19. The number of carbonyl (C=O) groups is 1. The van der Waals surface area contributed by atoms with E-state index < -0.39 is 0 Å². The lowest BCUT2D eigenvalue weighted by Gasteiger charge is -2.36. The Morgan fingerprint density at radius 1 is 1.00 bits per heavy atom. The summed E-state index contributed by atoms with van der Waals surface area (Å²) in [6.07, 6.45) is 5.14. The van der Waals surface area contributed by atoms with Gasteiger partial charge in [-0.1, -0.05) is 12.1 Å². The van der Waals surface area contributed by atoms with Crippen molar-refractivity contribution in [3.63, 3.8) is 0 Å². The van der Waals surface area contributed by atoms with E-state index in [0.717, 1.165) is 11.3 Å². The first-order valence-electron chi connectivity index (χ1n) is 9.58. The lowest BCUT2D eigenvalue weighted by molar-refractivity contribution is 0.0741. The van der Waals surface area contributed by atoms with Gasteiger partial charge in [-0.25, -0.2) is 4.39 Å². The number of hydrogen-bond donors (Lipinski definition) is 1. The molecule has 0 atom stereocenters. The molecule has 0 aliphatic carbocycles. The van der Waals surface area contributed by atoms with Gasteiger partial charge in [-0.15, -0.1) is 0 Å². The third-order valence-corrected chi connectivity index (χ3v) is 4.99. The van der Waals surface area contributed by atoms with Crippen LogP contribution in [-0.4, -0.2) is 47.0 Å². The van der Waals surface area contributed by atoms with E-state index >= 15 is 0 Å². The van der Waals surface area contributed by atoms with Gasteiger partial charge in [0.25, 0.3) is 5.91 Å². The highest BCUT2D eigenvalue weighted by Crippen LogP contribution is 2.21. The largest absolute Gasteiger partial charge is 0.381 e. The van der Waals surface area contributed by atoms with Gasteiger partial charge < -0.3 is 15.1 Å². The maximum Gasteiger partial charge on any atom is 0.272 e. The van der Waals surface area contributed by atoms with Crippen LogP contribution in [0.2, 0.25) is 0 Å². The van der Waals surface area contributed by atoms with E-state index in [1.807, 2.05) is 29.2 Å². The van der Waals surface area contributed by atoms with Crippen LogP contribution in [0.1, 0.15) is 16.1 Å². The molecule has 148 valence electrons. The zero-order valence-electron chi connectivity index (χ0n) is 16.0. The Labute approximate surface area is 169 Å². The average molecular weight is 391 g/mol. The van der Waals surface area contributed by atoms with Gasteiger partial charge in [0, 0.05) is 57.0 Å². The first-order chi connectivity index (χ1) is 14.2. The number of amides is 1. The molecule has 29 heavy (non-hydrogen) atoms. The van der Waals surface area contributed by atoms with Gasteiger partial charge in [0.1, 0.15) is 11.5 Å². The highest BCUT2D eigenvalue weighted by atomic mass is 19.1. The number of benzene rings is 1. The average Bonchev–Trinajstić information content (AvgIpc) is 2.79. The number of aromatic nitrogens is 2. The molecule has 0 spiro atoms. The van der Waals surface area contributed by atoms with Crippen molar-refractivity contribution < 1.29 is 9.18 Å². The minimum absolute atomic E-state index is 0.106. The highest BCUT2D eigenvalue weighted by Gasteiger charge is 2.24. The number of nitrogens with one attached hydrogen (secondary N) is 1. The van der Waals surface area contributed by atoms with Crippen LogP contribution < -0.4 is 10.2 Å². The molecule has 0 saturated carbocycles. The number of pyridine rings is 2. The molecule has 3 heterocycles. The minimum atomic E-state index is -0.234. The fraction of sp³-hybridized carbons (Fsp3) is 0.227. The minimum Gasteiger partial charge on any atom is -0.381 e. The molecular weight excluding hydrogens is 369 g/mol. The van der Waals surface area contributed by atoms with Crippen molar-refractivity contribution in [3.05, 3.63) is 84.2 Å². The van der Waals surface area contributed by atoms with Gasteiger partial charge in [-0.05, 0) is 42.0 Å². The second kappa shape index (κ2) is 8.68. The molecule has 2 aromatic heterocycles. The van der Waals surface area contributed by atoms with Crippen molar-refractivity contribution in [1.29, 1.82) is 0 Å². The Bertz CT molecular complexity index is 974. The normalized spacial score (nSPS) is 14.0. The van der Waals surface area contributed by atoms with E-state index in [1.54, 1.807) is 41.7 Å². The maximum atomic E-state index is 14.0. The highest BCUT2D eigenvalue weighted by molar-refractivity contribution is 5.93. The van der Waals surface area contributed by atoms with Gasteiger partial charge in [0.05, 0.1) is 5.69 Å². The van der Waals surface area contributed by atoms with Crippen molar-refractivity contribution in [2.24, 2.45) is 0 Å². The van der Waals surface area contributed by atoms with Crippen molar-refractivity contribution in [2.45, 2.75) is 6.54 Å². The second-order valence-corrected chi connectivity index (χ2v) is 6.87. The van der Waals surface area contributed by atoms with Crippen LogP contribution in [0.15, 0.2) is 67.1 Å². The number of carbonyl (C=O) groups excluding carboxylic acids is 1. The molecule has 3 aromatic rings. The number of halogens is 1. The summed E-state index contributed by atoms with van der Waals surface area (Å²) in [5.41, 5.74) is 2.93. The van der Waals surface area contributed by atoms with Crippen LogP contribution in [0.3, 0.4) is 0 Å². The fourth-order valence-corrected chi connectivity index (χ4v) is 3.38. The Morgan fingerprint density at radius 2 is 1.76 bits per heavy atom. The third kappa shape index (κ3) is 4.51. The first kappa shape index (κ1) is 18.9. The van der Waals surface area contributed by atoms with E-state index in [2.05, 4.69) is 15.3 Å². The van der Waals surface area contributed by atoms with Crippen LogP contribution in [0.25, 0.3) is 0 Å². The first-order valence-corrected chi connectivity index (χ1v) is 9.58. The van der Waals surface area contributed by atoms with Gasteiger partial charge in [0.2, 0.25) is 0 Å². The number of rotatable bonds is 5.